The molecule has 2 heterocycles. The van der Waals surface area contributed by atoms with Gasteiger partial charge in [0.15, 0.2) is 0 Å². The van der Waals surface area contributed by atoms with Crippen molar-refractivity contribution in [2.45, 2.75) is 38.8 Å². The number of amides is 2. The molecule has 2 amide bonds. The minimum atomic E-state index is -0.177. The summed E-state index contributed by atoms with van der Waals surface area (Å²) in [6.45, 7) is 8.48. The molecule has 0 radical (unpaired) electrons. The molecular weight excluding hydrogens is 356 g/mol. The molecule has 0 aliphatic carbocycles. The summed E-state index contributed by atoms with van der Waals surface area (Å²) < 4.78 is 5.38. The number of hydrogen-bond donors (Lipinski definition) is 1. The molecule has 28 heavy (non-hydrogen) atoms. The van der Waals surface area contributed by atoms with Crippen LogP contribution in [0.2, 0.25) is 0 Å². The number of rotatable bonds is 6. The summed E-state index contributed by atoms with van der Waals surface area (Å²) >= 11 is 0. The molecule has 1 N–H and O–H groups in total. The summed E-state index contributed by atoms with van der Waals surface area (Å²) in [6.07, 6.45) is 1.90. The first kappa shape index (κ1) is 20.6. The van der Waals surface area contributed by atoms with Gasteiger partial charge in [0.2, 0.25) is 11.8 Å². The van der Waals surface area contributed by atoms with Crippen LogP contribution in [0, 0.1) is 0 Å². The predicted octanol–water partition coefficient (Wildman–Crippen LogP) is 1.79. The summed E-state index contributed by atoms with van der Waals surface area (Å²) in [4.78, 5) is 31.2. The molecule has 0 spiro atoms. The van der Waals surface area contributed by atoms with E-state index in [2.05, 4.69) is 29.0 Å². The van der Waals surface area contributed by atoms with Crippen LogP contribution in [0.4, 0.5) is 11.4 Å². The van der Waals surface area contributed by atoms with Crippen molar-refractivity contribution < 1.29 is 14.3 Å². The van der Waals surface area contributed by atoms with E-state index in [4.69, 9.17) is 4.74 Å². The van der Waals surface area contributed by atoms with Gasteiger partial charge < -0.3 is 19.9 Å². The number of carbonyl (C=O) groups is 2. The first-order valence-electron chi connectivity index (χ1n) is 10.2. The third-order valence-corrected chi connectivity index (χ3v) is 5.53. The second-order valence-electron chi connectivity index (χ2n) is 7.88. The van der Waals surface area contributed by atoms with Crippen LogP contribution in [0.3, 0.4) is 0 Å². The Hall–Kier alpha value is -2.12. The number of nitrogens with zero attached hydrogens (tertiary/aromatic N) is 3. The van der Waals surface area contributed by atoms with Crippen LogP contribution in [0.15, 0.2) is 24.3 Å². The molecule has 2 fully saturated rings. The number of anilines is 2. The standard InChI is InChI=1S/C21H32N4O3/c1-16(2)25-10-4-5-19(25)21(27)23(3)15-20(26)22-17-6-8-18(9-7-17)24-11-13-28-14-12-24/h6-9,16,19H,4-5,10-15H2,1-3H3,(H,22,26). The SMILES string of the molecule is CC(C)N1CCCC1C(=O)N(C)CC(=O)Nc1ccc(N2CCOCC2)cc1. The van der Waals surface area contributed by atoms with Gasteiger partial charge in [0.05, 0.1) is 25.8 Å². The van der Waals surface area contributed by atoms with Gasteiger partial charge in [-0.1, -0.05) is 0 Å². The lowest BCUT2D eigenvalue weighted by Gasteiger charge is -2.30. The van der Waals surface area contributed by atoms with Gasteiger partial charge in [-0.15, -0.1) is 0 Å². The minimum absolute atomic E-state index is 0.0315. The van der Waals surface area contributed by atoms with Crippen LogP contribution < -0.4 is 10.2 Å². The van der Waals surface area contributed by atoms with Crippen molar-refractivity contribution in [1.29, 1.82) is 0 Å². The summed E-state index contributed by atoms with van der Waals surface area (Å²) in [5.41, 5.74) is 1.87. The molecule has 0 bridgehead atoms. The van der Waals surface area contributed by atoms with Crippen molar-refractivity contribution >= 4 is 23.2 Å². The van der Waals surface area contributed by atoms with Crippen molar-refractivity contribution in [3.8, 4) is 0 Å². The second-order valence-corrected chi connectivity index (χ2v) is 7.88. The lowest BCUT2D eigenvalue weighted by Crippen LogP contribution is -2.48. The molecule has 7 nitrogen and oxygen atoms in total. The van der Waals surface area contributed by atoms with E-state index in [1.807, 2.05) is 24.3 Å². The van der Waals surface area contributed by atoms with Crippen molar-refractivity contribution in [3.05, 3.63) is 24.3 Å². The van der Waals surface area contributed by atoms with E-state index in [0.717, 1.165) is 57.1 Å². The zero-order chi connectivity index (χ0) is 20.1. The Morgan fingerprint density at radius 1 is 1.18 bits per heavy atom. The molecule has 0 saturated carbocycles. The van der Waals surface area contributed by atoms with E-state index < -0.39 is 0 Å². The minimum Gasteiger partial charge on any atom is -0.378 e. The van der Waals surface area contributed by atoms with Crippen LogP contribution in [0.25, 0.3) is 0 Å². The first-order chi connectivity index (χ1) is 13.5. The number of morpholine rings is 1. The molecule has 2 saturated heterocycles. The lowest BCUT2D eigenvalue weighted by atomic mass is 10.1. The number of nitrogens with one attached hydrogen (secondary N) is 1. The predicted molar refractivity (Wildman–Crippen MR) is 111 cm³/mol. The molecule has 3 rings (SSSR count). The van der Waals surface area contributed by atoms with Crippen LogP contribution in [-0.2, 0) is 14.3 Å². The van der Waals surface area contributed by atoms with Gasteiger partial charge in [-0.05, 0) is 57.5 Å². The topological polar surface area (TPSA) is 65.1 Å². The molecule has 1 unspecified atom stereocenters. The summed E-state index contributed by atoms with van der Waals surface area (Å²) in [7, 11) is 1.71. The molecular formula is C21H32N4O3. The maximum absolute atomic E-state index is 12.8. The van der Waals surface area contributed by atoms with Crippen LogP contribution in [-0.4, -0.2) is 80.1 Å². The van der Waals surface area contributed by atoms with Crippen molar-refractivity contribution in [2.75, 3.05) is 56.7 Å². The number of likely N-dealkylation sites (N-methyl/N-ethyl adjacent to an activating group) is 1. The maximum Gasteiger partial charge on any atom is 0.243 e. The third kappa shape index (κ3) is 5.02. The normalized spacial score (nSPS) is 20.4. The number of benzene rings is 1. The molecule has 2 aliphatic rings. The van der Waals surface area contributed by atoms with Crippen molar-refractivity contribution in [3.63, 3.8) is 0 Å². The van der Waals surface area contributed by atoms with Gasteiger partial charge in [-0.3, -0.25) is 14.5 Å². The van der Waals surface area contributed by atoms with E-state index in [1.54, 1.807) is 11.9 Å². The number of carbonyl (C=O) groups excluding carboxylic acids is 2. The molecule has 7 heteroatoms. The molecule has 0 aromatic heterocycles. The van der Waals surface area contributed by atoms with Gasteiger partial charge in [0, 0.05) is 37.6 Å². The summed E-state index contributed by atoms with van der Waals surface area (Å²) in [5, 5.41) is 2.89. The van der Waals surface area contributed by atoms with Crippen molar-refractivity contribution in [1.82, 2.24) is 9.80 Å². The van der Waals surface area contributed by atoms with Crippen LogP contribution in [0.1, 0.15) is 26.7 Å². The Kier molecular flexibility index (Phi) is 6.91. The second kappa shape index (κ2) is 9.39. The smallest absolute Gasteiger partial charge is 0.243 e. The zero-order valence-electron chi connectivity index (χ0n) is 17.2. The lowest BCUT2D eigenvalue weighted by molar-refractivity contribution is -0.137. The van der Waals surface area contributed by atoms with E-state index >= 15 is 0 Å². The molecule has 1 aromatic carbocycles. The first-order valence-corrected chi connectivity index (χ1v) is 10.2. The number of hydrogen-bond acceptors (Lipinski definition) is 5. The zero-order valence-corrected chi connectivity index (χ0v) is 17.2. The molecule has 1 aromatic rings. The number of likely N-dealkylation sites (tertiary alicyclic amines) is 1. The van der Waals surface area contributed by atoms with Gasteiger partial charge in [0.25, 0.3) is 0 Å². The van der Waals surface area contributed by atoms with E-state index in [-0.39, 0.29) is 24.4 Å². The quantitative estimate of drug-likeness (QED) is 0.805. The highest BCUT2D eigenvalue weighted by molar-refractivity contribution is 5.95. The van der Waals surface area contributed by atoms with E-state index in [1.165, 1.54) is 0 Å². The van der Waals surface area contributed by atoms with Gasteiger partial charge in [0.1, 0.15) is 0 Å². The number of ether oxygens (including phenoxy) is 1. The summed E-state index contributed by atoms with van der Waals surface area (Å²) in [6, 6.07) is 8.06. The fourth-order valence-electron chi connectivity index (χ4n) is 4.00. The van der Waals surface area contributed by atoms with Crippen LogP contribution in [0.5, 0.6) is 0 Å². The van der Waals surface area contributed by atoms with Gasteiger partial charge in [-0.2, -0.15) is 0 Å². The molecule has 1 atom stereocenters. The third-order valence-electron chi connectivity index (χ3n) is 5.53. The van der Waals surface area contributed by atoms with Gasteiger partial charge in [-0.25, -0.2) is 0 Å². The Bertz CT molecular complexity index is 671. The fourth-order valence-corrected chi connectivity index (χ4v) is 4.00. The average molecular weight is 389 g/mol. The Balaban J connectivity index is 1.51. The summed E-state index contributed by atoms with van der Waals surface area (Å²) in [5.74, 6) is -0.145. The Morgan fingerprint density at radius 3 is 2.50 bits per heavy atom. The Labute approximate surface area is 167 Å². The van der Waals surface area contributed by atoms with E-state index in [0.29, 0.717) is 6.04 Å². The highest BCUT2D eigenvalue weighted by Crippen LogP contribution is 2.22. The monoisotopic (exact) mass is 388 g/mol. The fraction of sp³-hybridized carbons (Fsp3) is 0.619. The molecule has 154 valence electrons. The maximum atomic E-state index is 12.8. The highest BCUT2D eigenvalue weighted by Gasteiger charge is 2.34. The largest absolute Gasteiger partial charge is 0.378 e. The van der Waals surface area contributed by atoms with E-state index in [9.17, 15) is 9.59 Å². The average Bonchev–Trinajstić information content (AvgIpc) is 3.18. The highest BCUT2D eigenvalue weighted by atomic mass is 16.5. The Morgan fingerprint density at radius 2 is 1.86 bits per heavy atom. The van der Waals surface area contributed by atoms with Crippen molar-refractivity contribution in [2.24, 2.45) is 0 Å². The molecule has 2 aliphatic heterocycles. The van der Waals surface area contributed by atoms with Crippen LogP contribution >= 0.6 is 0 Å². The van der Waals surface area contributed by atoms with Gasteiger partial charge >= 0.3 is 0 Å².